The highest BCUT2D eigenvalue weighted by Crippen LogP contribution is 2.15. The van der Waals surface area contributed by atoms with Gasteiger partial charge in [0.1, 0.15) is 0 Å². The molecule has 21 heavy (non-hydrogen) atoms. The van der Waals surface area contributed by atoms with Crippen molar-refractivity contribution in [3.05, 3.63) is 34.3 Å². The van der Waals surface area contributed by atoms with Gasteiger partial charge < -0.3 is 16.0 Å². The smallest absolute Gasteiger partial charge is 0.240 e. The molecule has 1 atom stereocenters. The van der Waals surface area contributed by atoms with Crippen LogP contribution in [0.2, 0.25) is 0 Å². The maximum absolute atomic E-state index is 12.6. The number of benzene rings is 1. The van der Waals surface area contributed by atoms with Gasteiger partial charge in [0.15, 0.2) is 0 Å². The normalized spacial score (nSPS) is 18.2. The van der Waals surface area contributed by atoms with Gasteiger partial charge in [-0.05, 0) is 37.1 Å². The minimum Gasteiger partial charge on any atom is -0.368 e. The lowest BCUT2D eigenvalue weighted by Crippen LogP contribution is -2.50. The molecule has 1 aliphatic heterocycles. The Morgan fingerprint density at radius 1 is 1.29 bits per heavy atom. The summed E-state index contributed by atoms with van der Waals surface area (Å²) in [7, 11) is 0. The van der Waals surface area contributed by atoms with E-state index in [0.29, 0.717) is 6.54 Å². The zero-order chi connectivity index (χ0) is 15.2. The SMILES string of the molecule is NC(=O)CN(Cc1ccc(Br)cc1)C(=O)C1CCCCN1. The molecule has 1 saturated heterocycles. The van der Waals surface area contributed by atoms with Crippen molar-refractivity contribution >= 4 is 27.7 Å². The molecule has 1 unspecified atom stereocenters. The van der Waals surface area contributed by atoms with Gasteiger partial charge in [0.25, 0.3) is 0 Å². The van der Waals surface area contributed by atoms with Crippen molar-refractivity contribution in [2.24, 2.45) is 5.73 Å². The van der Waals surface area contributed by atoms with Crippen LogP contribution in [0.5, 0.6) is 0 Å². The molecule has 0 aliphatic carbocycles. The minimum atomic E-state index is -0.490. The number of primary amides is 1. The zero-order valence-corrected chi connectivity index (χ0v) is 13.4. The largest absolute Gasteiger partial charge is 0.368 e. The topological polar surface area (TPSA) is 75.4 Å². The van der Waals surface area contributed by atoms with Crippen LogP contribution in [0.4, 0.5) is 0 Å². The van der Waals surface area contributed by atoms with E-state index in [1.807, 2.05) is 24.3 Å². The van der Waals surface area contributed by atoms with Crippen molar-refractivity contribution < 1.29 is 9.59 Å². The van der Waals surface area contributed by atoms with Crippen LogP contribution in [0.15, 0.2) is 28.7 Å². The summed E-state index contributed by atoms with van der Waals surface area (Å²) in [6.45, 7) is 1.19. The number of hydrogen-bond acceptors (Lipinski definition) is 3. The predicted molar refractivity (Wildman–Crippen MR) is 84.4 cm³/mol. The number of carbonyl (C=O) groups excluding carboxylic acids is 2. The molecule has 0 spiro atoms. The summed E-state index contributed by atoms with van der Waals surface area (Å²) in [5.41, 5.74) is 6.25. The van der Waals surface area contributed by atoms with Crippen molar-refractivity contribution in [2.75, 3.05) is 13.1 Å². The van der Waals surface area contributed by atoms with Gasteiger partial charge in [0, 0.05) is 11.0 Å². The van der Waals surface area contributed by atoms with Crippen molar-refractivity contribution in [2.45, 2.75) is 31.8 Å². The fourth-order valence-electron chi connectivity index (χ4n) is 2.49. The van der Waals surface area contributed by atoms with Crippen LogP contribution in [0.1, 0.15) is 24.8 Å². The molecule has 1 aromatic rings. The number of rotatable bonds is 5. The number of amides is 2. The van der Waals surface area contributed by atoms with Crippen LogP contribution in [0.25, 0.3) is 0 Å². The first-order valence-corrected chi connectivity index (χ1v) is 7.90. The van der Waals surface area contributed by atoms with E-state index in [9.17, 15) is 9.59 Å². The fraction of sp³-hybridized carbons (Fsp3) is 0.467. The van der Waals surface area contributed by atoms with Crippen LogP contribution in [-0.4, -0.2) is 35.8 Å². The number of piperidine rings is 1. The highest BCUT2D eigenvalue weighted by molar-refractivity contribution is 9.10. The van der Waals surface area contributed by atoms with E-state index < -0.39 is 5.91 Å². The molecule has 1 heterocycles. The van der Waals surface area contributed by atoms with Crippen LogP contribution in [-0.2, 0) is 16.1 Å². The van der Waals surface area contributed by atoms with Crippen molar-refractivity contribution in [1.82, 2.24) is 10.2 Å². The Labute approximate surface area is 133 Å². The number of nitrogens with zero attached hydrogens (tertiary/aromatic N) is 1. The molecule has 1 fully saturated rings. The molecule has 0 aromatic heterocycles. The lowest BCUT2D eigenvalue weighted by Gasteiger charge is -2.29. The molecule has 0 saturated carbocycles. The molecular weight excluding hydrogens is 334 g/mol. The summed E-state index contributed by atoms with van der Waals surface area (Å²) in [4.78, 5) is 25.3. The quantitative estimate of drug-likeness (QED) is 0.840. The first-order chi connectivity index (χ1) is 10.1. The van der Waals surface area contributed by atoms with Crippen LogP contribution in [0, 0.1) is 0 Å². The van der Waals surface area contributed by atoms with E-state index in [1.54, 1.807) is 0 Å². The molecular formula is C15H20BrN3O2. The van der Waals surface area contributed by atoms with Gasteiger partial charge in [-0.1, -0.05) is 34.5 Å². The average molecular weight is 354 g/mol. The first-order valence-electron chi connectivity index (χ1n) is 7.11. The molecule has 0 bridgehead atoms. The van der Waals surface area contributed by atoms with E-state index in [-0.39, 0.29) is 18.5 Å². The number of carbonyl (C=O) groups is 2. The molecule has 2 rings (SSSR count). The molecule has 3 N–H and O–H groups in total. The van der Waals surface area contributed by atoms with E-state index in [0.717, 1.165) is 35.8 Å². The summed E-state index contributed by atoms with van der Waals surface area (Å²) in [5.74, 6) is -0.535. The van der Waals surface area contributed by atoms with E-state index >= 15 is 0 Å². The van der Waals surface area contributed by atoms with Gasteiger partial charge in [-0.15, -0.1) is 0 Å². The van der Waals surface area contributed by atoms with Crippen LogP contribution >= 0.6 is 15.9 Å². The van der Waals surface area contributed by atoms with Gasteiger partial charge >= 0.3 is 0 Å². The molecule has 6 heteroatoms. The Balaban J connectivity index is 2.07. The highest BCUT2D eigenvalue weighted by atomic mass is 79.9. The third-order valence-corrected chi connectivity index (χ3v) is 4.08. The van der Waals surface area contributed by atoms with Gasteiger partial charge in [-0.25, -0.2) is 0 Å². The van der Waals surface area contributed by atoms with Gasteiger partial charge in [-0.2, -0.15) is 0 Å². The second-order valence-electron chi connectivity index (χ2n) is 5.29. The number of hydrogen-bond donors (Lipinski definition) is 2. The predicted octanol–water partition coefficient (Wildman–Crippen LogP) is 1.41. The Hall–Kier alpha value is -1.40. The molecule has 2 amide bonds. The highest BCUT2D eigenvalue weighted by Gasteiger charge is 2.26. The van der Waals surface area contributed by atoms with Gasteiger partial charge in [-0.3, -0.25) is 9.59 Å². The van der Waals surface area contributed by atoms with Crippen molar-refractivity contribution in [1.29, 1.82) is 0 Å². The Morgan fingerprint density at radius 2 is 2.00 bits per heavy atom. The Bertz CT molecular complexity index is 498. The third kappa shape index (κ3) is 4.82. The van der Waals surface area contributed by atoms with E-state index in [1.165, 1.54) is 4.90 Å². The number of nitrogens with two attached hydrogens (primary N) is 1. The van der Waals surface area contributed by atoms with Crippen molar-refractivity contribution in [3.8, 4) is 0 Å². The second kappa shape index (κ2) is 7.56. The summed E-state index contributed by atoms with van der Waals surface area (Å²) >= 11 is 3.38. The van der Waals surface area contributed by atoms with Gasteiger partial charge in [0.05, 0.1) is 12.6 Å². The molecule has 114 valence electrons. The third-order valence-electron chi connectivity index (χ3n) is 3.55. The maximum atomic E-state index is 12.6. The Morgan fingerprint density at radius 3 is 2.57 bits per heavy atom. The lowest BCUT2D eigenvalue weighted by molar-refractivity contribution is -0.138. The van der Waals surface area contributed by atoms with E-state index in [4.69, 9.17) is 5.73 Å². The summed E-state index contributed by atoms with van der Waals surface area (Å²) in [6, 6.07) is 7.50. The fourth-order valence-corrected chi connectivity index (χ4v) is 2.76. The summed E-state index contributed by atoms with van der Waals surface area (Å²) in [5, 5.41) is 3.22. The molecule has 1 aliphatic rings. The van der Waals surface area contributed by atoms with Crippen LogP contribution < -0.4 is 11.1 Å². The summed E-state index contributed by atoms with van der Waals surface area (Å²) < 4.78 is 0.980. The van der Waals surface area contributed by atoms with E-state index in [2.05, 4.69) is 21.2 Å². The maximum Gasteiger partial charge on any atom is 0.240 e. The molecule has 1 aromatic carbocycles. The van der Waals surface area contributed by atoms with Crippen LogP contribution in [0.3, 0.4) is 0 Å². The zero-order valence-electron chi connectivity index (χ0n) is 11.8. The minimum absolute atomic E-state index is 0.0450. The number of nitrogens with one attached hydrogen (secondary N) is 1. The first kappa shape index (κ1) is 16.0. The number of halogens is 1. The average Bonchev–Trinajstić information content (AvgIpc) is 2.48. The van der Waals surface area contributed by atoms with Gasteiger partial charge in [0.2, 0.25) is 11.8 Å². The standard InChI is InChI=1S/C15H20BrN3O2/c16-12-6-4-11(5-7-12)9-19(10-14(17)20)15(21)13-3-1-2-8-18-13/h4-7,13,18H,1-3,8-10H2,(H2,17,20). The Kier molecular flexibility index (Phi) is 5.76. The van der Waals surface area contributed by atoms with Crippen molar-refractivity contribution in [3.63, 3.8) is 0 Å². The molecule has 0 radical (unpaired) electrons. The monoisotopic (exact) mass is 353 g/mol. The summed E-state index contributed by atoms with van der Waals surface area (Å²) in [6.07, 6.45) is 2.94. The lowest BCUT2D eigenvalue weighted by atomic mass is 10.0. The second-order valence-corrected chi connectivity index (χ2v) is 6.21. The molecule has 5 nitrogen and oxygen atoms in total.